The second-order valence-corrected chi connectivity index (χ2v) is 5.34. The molecule has 102 valence electrons. The van der Waals surface area contributed by atoms with E-state index >= 15 is 0 Å². The monoisotopic (exact) mass is 265 g/mol. The maximum Gasteiger partial charge on any atom is 0.122 e. The topological polar surface area (TPSA) is 53.1 Å². The fourth-order valence-corrected chi connectivity index (χ4v) is 2.74. The van der Waals surface area contributed by atoms with Gasteiger partial charge >= 0.3 is 0 Å². The number of nitrogens with two attached hydrogens (primary N) is 1. The molecule has 0 fully saturated rings. The van der Waals surface area contributed by atoms with Gasteiger partial charge in [-0.3, -0.25) is 10.3 Å². The molecule has 0 amide bonds. The van der Waals surface area contributed by atoms with Crippen molar-refractivity contribution in [1.82, 2.24) is 4.90 Å². The van der Waals surface area contributed by atoms with Crippen LogP contribution in [0.15, 0.2) is 48.5 Å². The Morgan fingerprint density at radius 2 is 1.75 bits per heavy atom. The van der Waals surface area contributed by atoms with Crippen molar-refractivity contribution in [3.63, 3.8) is 0 Å². The Kier molecular flexibility index (Phi) is 3.52. The van der Waals surface area contributed by atoms with Gasteiger partial charge in [0.1, 0.15) is 5.84 Å². The van der Waals surface area contributed by atoms with Crippen molar-refractivity contribution in [2.45, 2.75) is 19.5 Å². The van der Waals surface area contributed by atoms with Gasteiger partial charge in [-0.15, -0.1) is 0 Å². The number of fused-ring (bicyclic) bond motifs is 1. The van der Waals surface area contributed by atoms with Crippen molar-refractivity contribution >= 4 is 5.84 Å². The Morgan fingerprint density at radius 3 is 2.45 bits per heavy atom. The molecule has 0 spiro atoms. The molecule has 0 aliphatic carbocycles. The quantitative estimate of drug-likeness (QED) is 0.662. The number of amidine groups is 1. The minimum Gasteiger partial charge on any atom is -0.384 e. The molecule has 1 heterocycles. The summed E-state index contributed by atoms with van der Waals surface area (Å²) in [7, 11) is 0. The van der Waals surface area contributed by atoms with Crippen LogP contribution in [0.1, 0.15) is 22.3 Å². The molecular weight excluding hydrogens is 246 g/mol. The Bertz CT molecular complexity index is 616. The zero-order chi connectivity index (χ0) is 13.9. The van der Waals surface area contributed by atoms with E-state index in [1.807, 2.05) is 12.1 Å². The van der Waals surface area contributed by atoms with Crippen molar-refractivity contribution in [3.8, 4) is 0 Å². The maximum absolute atomic E-state index is 7.41. The van der Waals surface area contributed by atoms with Crippen molar-refractivity contribution in [2.24, 2.45) is 5.73 Å². The van der Waals surface area contributed by atoms with Crippen LogP contribution in [0, 0.1) is 5.41 Å². The lowest BCUT2D eigenvalue weighted by molar-refractivity contribution is 0.245. The first kappa shape index (κ1) is 12.9. The third-order valence-corrected chi connectivity index (χ3v) is 3.88. The summed E-state index contributed by atoms with van der Waals surface area (Å²) in [6, 6.07) is 16.7. The van der Waals surface area contributed by atoms with E-state index in [-0.39, 0.29) is 5.84 Å². The second kappa shape index (κ2) is 5.47. The fraction of sp³-hybridized carbons (Fsp3) is 0.235. The lowest BCUT2D eigenvalue weighted by Crippen LogP contribution is -2.29. The SMILES string of the molecule is N=C(N)c1ccc(CN2CCc3ccccc3C2)cc1. The summed E-state index contributed by atoms with van der Waals surface area (Å²) in [6.07, 6.45) is 1.13. The number of benzene rings is 2. The molecule has 3 N–H and O–H groups in total. The standard InChI is InChI=1S/C17H19N3/c18-17(19)15-7-5-13(6-8-15)11-20-10-9-14-3-1-2-4-16(14)12-20/h1-8H,9-12H2,(H3,18,19). The summed E-state index contributed by atoms with van der Waals surface area (Å²) in [4.78, 5) is 2.46. The highest BCUT2D eigenvalue weighted by Gasteiger charge is 2.15. The smallest absolute Gasteiger partial charge is 0.122 e. The van der Waals surface area contributed by atoms with Gasteiger partial charge in [-0.2, -0.15) is 0 Å². The number of hydrogen-bond acceptors (Lipinski definition) is 2. The molecule has 0 radical (unpaired) electrons. The van der Waals surface area contributed by atoms with Gasteiger partial charge in [0.15, 0.2) is 0 Å². The molecule has 0 atom stereocenters. The zero-order valence-electron chi connectivity index (χ0n) is 11.5. The third-order valence-electron chi connectivity index (χ3n) is 3.88. The molecule has 1 aliphatic heterocycles. The molecule has 1 aliphatic rings. The van der Waals surface area contributed by atoms with Gasteiger partial charge < -0.3 is 5.73 Å². The maximum atomic E-state index is 7.41. The lowest BCUT2D eigenvalue weighted by atomic mass is 9.99. The molecule has 0 bridgehead atoms. The molecule has 3 heteroatoms. The van der Waals surface area contributed by atoms with Gasteiger partial charge in [-0.25, -0.2) is 0 Å². The van der Waals surface area contributed by atoms with Crippen LogP contribution in [0.25, 0.3) is 0 Å². The van der Waals surface area contributed by atoms with Gasteiger partial charge in [0.05, 0.1) is 0 Å². The average molecular weight is 265 g/mol. The lowest BCUT2D eigenvalue weighted by Gasteiger charge is -2.28. The molecule has 2 aromatic carbocycles. The first-order valence-electron chi connectivity index (χ1n) is 6.95. The highest BCUT2D eigenvalue weighted by Crippen LogP contribution is 2.20. The van der Waals surface area contributed by atoms with Gasteiger partial charge in [0.2, 0.25) is 0 Å². The molecule has 0 saturated carbocycles. The normalized spacial score (nSPS) is 14.8. The Labute approximate surface area is 119 Å². The van der Waals surface area contributed by atoms with Crippen LogP contribution in [0.4, 0.5) is 0 Å². The van der Waals surface area contributed by atoms with E-state index in [9.17, 15) is 0 Å². The van der Waals surface area contributed by atoms with Gasteiger partial charge in [0, 0.05) is 25.2 Å². The highest BCUT2D eigenvalue weighted by molar-refractivity contribution is 5.94. The minimum atomic E-state index is 0.128. The van der Waals surface area contributed by atoms with Crippen molar-refractivity contribution < 1.29 is 0 Å². The van der Waals surface area contributed by atoms with Crippen LogP contribution in [-0.2, 0) is 19.5 Å². The number of rotatable bonds is 3. The summed E-state index contributed by atoms with van der Waals surface area (Å²) in [6.45, 7) is 3.07. The molecule has 3 rings (SSSR count). The number of nitrogens with zero attached hydrogens (tertiary/aromatic N) is 1. The van der Waals surface area contributed by atoms with Crippen molar-refractivity contribution in [1.29, 1.82) is 5.41 Å². The van der Waals surface area contributed by atoms with Gasteiger partial charge in [-0.1, -0.05) is 48.5 Å². The molecule has 20 heavy (non-hydrogen) atoms. The van der Waals surface area contributed by atoms with E-state index in [1.54, 1.807) is 0 Å². The molecule has 3 nitrogen and oxygen atoms in total. The molecular formula is C17H19N3. The summed E-state index contributed by atoms with van der Waals surface area (Å²) >= 11 is 0. The van der Waals surface area contributed by atoms with E-state index in [0.717, 1.165) is 31.6 Å². The molecule has 0 aromatic heterocycles. The molecule has 2 aromatic rings. The summed E-state index contributed by atoms with van der Waals surface area (Å²) in [5.74, 6) is 0.128. The van der Waals surface area contributed by atoms with Crippen LogP contribution in [0.2, 0.25) is 0 Å². The van der Waals surface area contributed by atoms with Crippen LogP contribution < -0.4 is 5.73 Å². The van der Waals surface area contributed by atoms with E-state index in [0.29, 0.717) is 0 Å². The minimum absolute atomic E-state index is 0.128. The van der Waals surface area contributed by atoms with Crippen LogP contribution in [0.3, 0.4) is 0 Å². The summed E-state index contributed by atoms with van der Waals surface area (Å²) in [5, 5.41) is 7.41. The first-order chi connectivity index (χ1) is 9.72. The third kappa shape index (κ3) is 2.73. The summed E-state index contributed by atoms with van der Waals surface area (Å²) in [5.41, 5.74) is 10.5. The Hall–Kier alpha value is -2.13. The van der Waals surface area contributed by atoms with E-state index in [2.05, 4.69) is 41.3 Å². The largest absolute Gasteiger partial charge is 0.384 e. The van der Waals surface area contributed by atoms with Gasteiger partial charge in [0.25, 0.3) is 0 Å². The summed E-state index contributed by atoms with van der Waals surface area (Å²) < 4.78 is 0. The Morgan fingerprint density at radius 1 is 1.05 bits per heavy atom. The van der Waals surface area contributed by atoms with Crippen LogP contribution in [0.5, 0.6) is 0 Å². The van der Waals surface area contributed by atoms with Crippen molar-refractivity contribution in [2.75, 3.05) is 6.54 Å². The van der Waals surface area contributed by atoms with Crippen molar-refractivity contribution in [3.05, 3.63) is 70.8 Å². The Balaban J connectivity index is 1.69. The second-order valence-electron chi connectivity index (χ2n) is 5.34. The predicted octanol–water partition coefficient (Wildman–Crippen LogP) is 2.53. The zero-order valence-corrected chi connectivity index (χ0v) is 11.5. The number of nitrogens with one attached hydrogen (secondary N) is 1. The highest BCUT2D eigenvalue weighted by atomic mass is 15.1. The first-order valence-corrected chi connectivity index (χ1v) is 6.95. The average Bonchev–Trinajstić information content (AvgIpc) is 2.48. The molecule has 0 saturated heterocycles. The van der Waals surface area contributed by atoms with Gasteiger partial charge in [-0.05, 0) is 23.1 Å². The fourth-order valence-electron chi connectivity index (χ4n) is 2.74. The van der Waals surface area contributed by atoms with E-state index in [1.165, 1.54) is 16.7 Å². The molecule has 0 unspecified atom stereocenters. The number of hydrogen-bond donors (Lipinski definition) is 2. The predicted molar refractivity (Wildman–Crippen MR) is 81.7 cm³/mol. The van der Waals surface area contributed by atoms with Crippen LogP contribution in [-0.4, -0.2) is 17.3 Å². The number of nitrogen functional groups attached to an aromatic ring is 1. The van der Waals surface area contributed by atoms with E-state index < -0.39 is 0 Å². The van der Waals surface area contributed by atoms with E-state index in [4.69, 9.17) is 11.1 Å². The van der Waals surface area contributed by atoms with Crippen LogP contribution >= 0.6 is 0 Å².